The van der Waals surface area contributed by atoms with E-state index in [4.69, 9.17) is 17.0 Å². The molecule has 0 unspecified atom stereocenters. The Morgan fingerprint density at radius 3 is 2.95 bits per heavy atom. The number of nitrogens with one attached hydrogen (secondary N) is 2. The van der Waals surface area contributed by atoms with Crippen LogP contribution in [0.1, 0.15) is 19.0 Å². The fraction of sp³-hybridized carbons (Fsp3) is 0.308. The second-order valence-electron chi connectivity index (χ2n) is 4.04. The number of hydrogen-bond acceptors (Lipinski definition) is 5. The first-order valence-electron chi connectivity index (χ1n) is 6.13. The van der Waals surface area contributed by atoms with E-state index in [9.17, 15) is 0 Å². The molecule has 0 aliphatic heterocycles. The molecular weight excluding hydrogens is 260 g/mol. The number of aryl methyl sites for hydroxylation is 1. The number of nitrogens with zero attached hydrogens (tertiary/aromatic N) is 2. The molecule has 2 N–H and O–H groups in total. The van der Waals surface area contributed by atoms with Crippen LogP contribution >= 0.6 is 12.2 Å². The third-order valence-corrected chi connectivity index (χ3v) is 2.66. The monoisotopic (exact) mass is 276 g/mol. The van der Waals surface area contributed by atoms with E-state index in [1.165, 1.54) is 0 Å². The minimum atomic E-state index is 0.347. The molecule has 0 aliphatic carbocycles. The summed E-state index contributed by atoms with van der Waals surface area (Å²) in [7, 11) is 0. The lowest BCUT2D eigenvalue weighted by atomic mass is 10.3. The number of H-pyrrole nitrogens is 1. The van der Waals surface area contributed by atoms with Crippen LogP contribution in [-0.4, -0.2) is 21.8 Å². The van der Waals surface area contributed by atoms with Gasteiger partial charge in [0.2, 0.25) is 4.77 Å². The van der Waals surface area contributed by atoms with Crippen LogP contribution < -0.4 is 10.1 Å². The Morgan fingerprint density at radius 1 is 1.37 bits per heavy atom. The van der Waals surface area contributed by atoms with Crippen LogP contribution in [0.15, 0.2) is 24.3 Å². The van der Waals surface area contributed by atoms with Gasteiger partial charge >= 0.3 is 0 Å². The molecule has 0 amide bonds. The highest BCUT2D eigenvalue weighted by molar-refractivity contribution is 7.71. The third-order valence-electron chi connectivity index (χ3n) is 2.48. The largest absolute Gasteiger partial charge is 0.491 e. The van der Waals surface area contributed by atoms with Crippen molar-refractivity contribution in [1.29, 1.82) is 0 Å². The van der Waals surface area contributed by atoms with Gasteiger partial charge in [0.25, 0.3) is 0 Å². The summed E-state index contributed by atoms with van der Waals surface area (Å²) in [4.78, 5) is 4.22. The Morgan fingerprint density at radius 2 is 2.16 bits per heavy atom. The number of rotatable bonds is 5. The smallest absolute Gasteiger partial charge is 0.215 e. The second-order valence-corrected chi connectivity index (χ2v) is 4.43. The molecule has 1 heterocycles. The van der Waals surface area contributed by atoms with Gasteiger partial charge < -0.3 is 10.1 Å². The predicted octanol–water partition coefficient (Wildman–Crippen LogP) is 3.38. The maximum atomic E-state index is 5.68. The van der Waals surface area contributed by atoms with E-state index in [2.05, 4.69) is 27.4 Å². The SMILES string of the molecule is CCCOc1ccccc1Nc1nc(=S)[nH]nc1C. The number of benzene rings is 1. The Hall–Kier alpha value is -1.95. The van der Waals surface area contributed by atoms with Crippen molar-refractivity contribution >= 4 is 23.7 Å². The van der Waals surface area contributed by atoms with Gasteiger partial charge in [-0.05, 0) is 37.7 Å². The van der Waals surface area contributed by atoms with E-state index in [1.807, 2.05) is 31.2 Å². The van der Waals surface area contributed by atoms with Crippen LogP contribution in [0.4, 0.5) is 11.5 Å². The molecule has 5 nitrogen and oxygen atoms in total. The minimum Gasteiger partial charge on any atom is -0.491 e. The number of para-hydroxylation sites is 2. The Bertz CT molecular complexity index is 612. The molecule has 0 spiro atoms. The zero-order valence-electron chi connectivity index (χ0n) is 10.9. The highest BCUT2D eigenvalue weighted by atomic mass is 32.1. The van der Waals surface area contributed by atoms with E-state index in [0.717, 1.165) is 23.6 Å². The van der Waals surface area contributed by atoms with Gasteiger partial charge in [-0.1, -0.05) is 19.1 Å². The fourth-order valence-corrected chi connectivity index (χ4v) is 1.68. The fourth-order valence-electron chi connectivity index (χ4n) is 1.55. The Balaban J connectivity index is 2.27. The molecule has 19 heavy (non-hydrogen) atoms. The van der Waals surface area contributed by atoms with Crippen LogP contribution in [0.3, 0.4) is 0 Å². The molecular formula is C13H16N4OS. The quantitative estimate of drug-likeness (QED) is 0.820. The first kappa shape index (κ1) is 13.5. The van der Waals surface area contributed by atoms with Gasteiger partial charge in [-0.15, -0.1) is 0 Å². The van der Waals surface area contributed by atoms with Crippen molar-refractivity contribution in [3.05, 3.63) is 34.7 Å². The Kier molecular flexibility index (Phi) is 4.46. The minimum absolute atomic E-state index is 0.347. The van der Waals surface area contributed by atoms with E-state index >= 15 is 0 Å². The van der Waals surface area contributed by atoms with Crippen molar-refractivity contribution in [3.8, 4) is 5.75 Å². The highest BCUT2D eigenvalue weighted by Crippen LogP contribution is 2.27. The van der Waals surface area contributed by atoms with Crippen molar-refractivity contribution < 1.29 is 4.74 Å². The van der Waals surface area contributed by atoms with Crippen LogP contribution in [0, 0.1) is 11.7 Å². The normalized spacial score (nSPS) is 10.2. The van der Waals surface area contributed by atoms with Crippen molar-refractivity contribution in [2.24, 2.45) is 0 Å². The lowest BCUT2D eigenvalue weighted by molar-refractivity contribution is 0.319. The zero-order valence-corrected chi connectivity index (χ0v) is 11.8. The van der Waals surface area contributed by atoms with Crippen LogP contribution in [0.5, 0.6) is 5.75 Å². The summed E-state index contributed by atoms with van der Waals surface area (Å²) in [5.74, 6) is 1.43. The molecule has 1 aromatic carbocycles. The first-order valence-corrected chi connectivity index (χ1v) is 6.53. The number of hydrogen-bond donors (Lipinski definition) is 2. The zero-order chi connectivity index (χ0) is 13.7. The number of anilines is 2. The predicted molar refractivity (Wildman–Crippen MR) is 77.5 cm³/mol. The molecule has 0 aliphatic rings. The number of aromatic nitrogens is 3. The van der Waals surface area contributed by atoms with Crippen LogP contribution in [0.2, 0.25) is 0 Å². The molecule has 100 valence electrons. The van der Waals surface area contributed by atoms with Crippen LogP contribution in [0.25, 0.3) is 0 Å². The maximum absolute atomic E-state index is 5.68. The molecule has 0 saturated carbocycles. The average molecular weight is 276 g/mol. The Labute approximate surface area is 117 Å². The van der Waals surface area contributed by atoms with Crippen molar-refractivity contribution in [2.75, 3.05) is 11.9 Å². The van der Waals surface area contributed by atoms with Crippen molar-refractivity contribution in [2.45, 2.75) is 20.3 Å². The summed E-state index contributed by atoms with van der Waals surface area (Å²) in [6.07, 6.45) is 0.962. The third kappa shape index (κ3) is 3.51. The lowest BCUT2D eigenvalue weighted by Crippen LogP contribution is -2.03. The number of ether oxygens (including phenoxy) is 1. The van der Waals surface area contributed by atoms with E-state index < -0.39 is 0 Å². The van der Waals surface area contributed by atoms with Gasteiger partial charge in [-0.3, -0.25) is 5.10 Å². The van der Waals surface area contributed by atoms with Crippen LogP contribution in [-0.2, 0) is 0 Å². The van der Waals surface area contributed by atoms with Gasteiger partial charge in [-0.2, -0.15) is 10.1 Å². The second kappa shape index (κ2) is 6.29. The molecule has 0 atom stereocenters. The standard InChI is InChI=1S/C13H16N4OS/c1-3-8-18-11-7-5-4-6-10(11)14-12-9(2)16-17-13(19)15-12/h4-7H,3,8H2,1-2H3,(H2,14,15,17,19). The molecule has 0 bridgehead atoms. The van der Waals surface area contributed by atoms with Crippen molar-refractivity contribution in [3.63, 3.8) is 0 Å². The summed E-state index contributed by atoms with van der Waals surface area (Å²) < 4.78 is 6.03. The summed E-state index contributed by atoms with van der Waals surface area (Å²) in [6, 6.07) is 7.73. The summed E-state index contributed by atoms with van der Waals surface area (Å²) >= 11 is 4.98. The molecule has 2 aromatic rings. The molecule has 0 radical (unpaired) electrons. The topological polar surface area (TPSA) is 62.8 Å². The molecule has 1 aromatic heterocycles. The van der Waals surface area contributed by atoms with Gasteiger partial charge in [-0.25, -0.2) is 0 Å². The van der Waals surface area contributed by atoms with E-state index in [1.54, 1.807) is 0 Å². The first-order chi connectivity index (χ1) is 9.20. The lowest BCUT2D eigenvalue weighted by Gasteiger charge is -2.12. The summed E-state index contributed by atoms with van der Waals surface area (Å²) in [5, 5.41) is 9.93. The highest BCUT2D eigenvalue weighted by Gasteiger charge is 2.06. The van der Waals surface area contributed by atoms with Gasteiger partial charge in [0, 0.05) is 0 Å². The van der Waals surface area contributed by atoms with Gasteiger partial charge in [0.15, 0.2) is 5.82 Å². The van der Waals surface area contributed by atoms with Gasteiger partial charge in [0.05, 0.1) is 12.3 Å². The average Bonchev–Trinajstić information content (AvgIpc) is 2.42. The molecule has 0 saturated heterocycles. The maximum Gasteiger partial charge on any atom is 0.215 e. The molecule has 6 heteroatoms. The molecule has 0 fully saturated rings. The summed E-state index contributed by atoms with van der Waals surface area (Å²) in [6.45, 7) is 4.61. The number of aromatic amines is 1. The van der Waals surface area contributed by atoms with E-state index in [-0.39, 0.29) is 0 Å². The van der Waals surface area contributed by atoms with Gasteiger partial charge in [0.1, 0.15) is 11.4 Å². The molecule has 2 rings (SSSR count). The summed E-state index contributed by atoms with van der Waals surface area (Å²) in [5.41, 5.74) is 1.60. The van der Waals surface area contributed by atoms with Crippen molar-refractivity contribution in [1.82, 2.24) is 15.2 Å². The van der Waals surface area contributed by atoms with E-state index in [0.29, 0.717) is 17.2 Å².